The number of benzene rings is 2. The van der Waals surface area contributed by atoms with Crippen LogP contribution in [0.25, 0.3) is 0 Å². The third-order valence-corrected chi connectivity index (χ3v) is 3.89. The van der Waals surface area contributed by atoms with E-state index in [1.165, 1.54) is 0 Å². The predicted molar refractivity (Wildman–Crippen MR) is 97.8 cm³/mol. The molecule has 6 heteroatoms. The lowest BCUT2D eigenvalue weighted by Crippen LogP contribution is -2.39. The van der Waals surface area contributed by atoms with Gasteiger partial charge in [-0.3, -0.25) is 4.79 Å². The maximum atomic E-state index is 11.9. The van der Waals surface area contributed by atoms with Crippen molar-refractivity contribution in [3.63, 3.8) is 0 Å². The molecule has 1 atom stereocenters. The molecule has 0 aromatic heterocycles. The number of methoxy groups -OCH3 is 1. The molecule has 25 heavy (non-hydrogen) atoms. The molecule has 0 saturated heterocycles. The van der Waals surface area contributed by atoms with Crippen molar-refractivity contribution in [2.45, 2.75) is 19.9 Å². The normalized spacial score (nSPS) is 11.5. The van der Waals surface area contributed by atoms with Crippen molar-refractivity contribution >= 4 is 17.5 Å². The Labute approximate surface area is 152 Å². The van der Waals surface area contributed by atoms with Gasteiger partial charge >= 0.3 is 0 Å². The summed E-state index contributed by atoms with van der Waals surface area (Å²) in [6.45, 7) is 4.05. The molecule has 0 aliphatic heterocycles. The highest BCUT2D eigenvalue weighted by atomic mass is 35.5. The number of amides is 1. The van der Waals surface area contributed by atoms with Crippen molar-refractivity contribution in [3.05, 3.63) is 53.1 Å². The van der Waals surface area contributed by atoms with Gasteiger partial charge in [-0.25, -0.2) is 0 Å². The molecule has 1 amide bonds. The second-order valence-corrected chi connectivity index (χ2v) is 6.06. The predicted octanol–water partition coefficient (Wildman–Crippen LogP) is 3.62. The summed E-state index contributed by atoms with van der Waals surface area (Å²) < 4.78 is 16.2. The highest BCUT2D eigenvalue weighted by Crippen LogP contribution is 2.21. The monoisotopic (exact) mass is 363 g/mol. The number of carbonyl (C=O) groups is 1. The summed E-state index contributed by atoms with van der Waals surface area (Å²) in [7, 11) is 1.61. The van der Waals surface area contributed by atoms with E-state index in [0.717, 1.165) is 17.1 Å². The second kappa shape index (κ2) is 9.18. The van der Waals surface area contributed by atoms with Gasteiger partial charge in [0.05, 0.1) is 13.2 Å². The van der Waals surface area contributed by atoms with Crippen LogP contribution in [0.4, 0.5) is 0 Å². The van der Waals surface area contributed by atoms with E-state index in [-0.39, 0.29) is 18.6 Å². The van der Waals surface area contributed by atoms with Crippen LogP contribution in [0.2, 0.25) is 5.02 Å². The smallest absolute Gasteiger partial charge is 0.258 e. The molecule has 2 rings (SSSR count). The Kier molecular flexibility index (Phi) is 6.95. The summed E-state index contributed by atoms with van der Waals surface area (Å²) in [5.41, 5.74) is 0.904. The third-order valence-electron chi connectivity index (χ3n) is 3.47. The van der Waals surface area contributed by atoms with Crippen LogP contribution in [0, 0.1) is 6.92 Å². The minimum atomic E-state index is -0.210. The average molecular weight is 364 g/mol. The first-order valence-corrected chi connectivity index (χ1v) is 8.31. The number of ether oxygens (including phenoxy) is 3. The number of aryl methyl sites for hydroxylation is 1. The van der Waals surface area contributed by atoms with E-state index in [9.17, 15) is 4.79 Å². The standard InChI is InChI=1S/C19H22ClNO4/c1-13-10-17(8-9-18(13)20)25-12-19(22)21-14(2)11-24-16-6-4-15(23-3)5-7-16/h4-10,14H,11-12H2,1-3H3,(H,21,22)/t14-/m1/s1. The van der Waals surface area contributed by atoms with Gasteiger partial charge in [-0.2, -0.15) is 0 Å². The summed E-state index contributed by atoms with van der Waals surface area (Å²) in [5.74, 6) is 1.88. The molecule has 0 heterocycles. The zero-order valence-corrected chi connectivity index (χ0v) is 15.3. The molecule has 0 aliphatic rings. The van der Waals surface area contributed by atoms with Gasteiger partial charge in [-0.15, -0.1) is 0 Å². The first-order chi connectivity index (χ1) is 12.0. The van der Waals surface area contributed by atoms with Crippen LogP contribution < -0.4 is 19.5 Å². The molecule has 1 N–H and O–H groups in total. The quantitative estimate of drug-likeness (QED) is 0.778. The Morgan fingerprint density at radius 1 is 1.08 bits per heavy atom. The molecule has 0 spiro atoms. The van der Waals surface area contributed by atoms with Crippen molar-refractivity contribution < 1.29 is 19.0 Å². The molecular weight excluding hydrogens is 342 g/mol. The molecular formula is C19H22ClNO4. The average Bonchev–Trinajstić information content (AvgIpc) is 2.61. The maximum absolute atomic E-state index is 11.9. The molecule has 0 bridgehead atoms. The van der Waals surface area contributed by atoms with Crippen molar-refractivity contribution in [3.8, 4) is 17.2 Å². The fraction of sp³-hybridized carbons (Fsp3) is 0.316. The first kappa shape index (κ1) is 18.9. The van der Waals surface area contributed by atoms with Gasteiger partial charge in [0.15, 0.2) is 6.61 Å². The molecule has 2 aromatic carbocycles. The molecule has 0 unspecified atom stereocenters. The van der Waals surface area contributed by atoms with Crippen LogP contribution in [0.5, 0.6) is 17.2 Å². The minimum absolute atomic E-state index is 0.0616. The van der Waals surface area contributed by atoms with Gasteiger partial charge in [0.25, 0.3) is 5.91 Å². The van der Waals surface area contributed by atoms with Crippen molar-refractivity contribution in [1.29, 1.82) is 0 Å². The van der Waals surface area contributed by atoms with Gasteiger partial charge in [0.2, 0.25) is 0 Å². The van der Waals surface area contributed by atoms with Gasteiger partial charge in [-0.1, -0.05) is 11.6 Å². The Morgan fingerprint density at radius 3 is 2.36 bits per heavy atom. The second-order valence-electron chi connectivity index (χ2n) is 5.65. The van der Waals surface area contributed by atoms with Crippen LogP contribution >= 0.6 is 11.6 Å². The Balaban J connectivity index is 1.72. The van der Waals surface area contributed by atoms with E-state index in [4.69, 9.17) is 25.8 Å². The SMILES string of the molecule is COc1ccc(OC[C@@H](C)NC(=O)COc2ccc(Cl)c(C)c2)cc1. The van der Waals surface area contributed by atoms with E-state index >= 15 is 0 Å². The Hall–Kier alpha value is -2.40. The fourth-order valence-electron chi connectivity index (χ4n) is 2.11. The van der Waals surface area contributed by atoms with Gasteiger partial charge in [0, 0.05) is 5.02 Å². The van der Waals surface area contributed by atoms with Crippen molar-refractivity contribution in [1.82, 2.24) is 5.32 Å². The van der Waals surface area contributed by atoms with E-state index in [1.807, 2.05) is 38.1 Å². The lowest BCUT2D eigenvalue weighted by molar-refractivity contribution is -0.123. The van der Waals surface area contributed by atoms with Gasteiger partial charge in [0.1, 0.15) is 23.9 Å². The zero-order valence-electron chi connectivity index (χ0n) is 14.5. The molecule has 134 valence electrons. The van der Waals surface area contributed by atoms with Crippen molar-refractivity contribution in [2.75, 3.05) is 20.3 Å². The van der Waals surface area contributed by atoms with Crippen LogP contribution in [0.15, 0.2) is 42.5 Å². The van der Waals surface area contributed by atoms with E-state index in [0.29, 0.717) is 17.4 Å². The lowest BCUT2D eigenvalue weighted by atomic mass is 10.2. The molecule has 0 saturated carbocycles. The summed E-state index contributed by atoms with van der Waals surface area (Å²) in [6, 6.07) is 12.4. The Bertz CT molecular complexity index is 703. The number of nitrogens with one attached hydrogen (secondary N) is 1. The van der Waals surface area contributed by atoms with E-state index in [2.05, 4.69) is 5.32 Å². The molecule has 0 aliphatic carbocycles. The lowest BCUT2D eigenvalue weighted by Gasteiger charge is -2.15. The molecule has 5 nitrogen and oxygen atoms in total. The molecule has 2 aromatic rings. The van der Waals surface area contributed by atoms with Crippen LogP contribution in [-0.4, -0.2) is 32.3 Å². The highest BCUT2D eigenvalue weighted by Gasteiger charge is 2.09. The third kappa shape index (κ3) is 6.19. The molecule has 0 fully saturated rings. The number of halogens is 1. The number of hydrogen-bond acceptors (Lipinski definition) is 4. The van der Waals surface area contributed by atoms with Crippen LogP contribution in [0.3, 0.4) is 0 Å². The fourth-order valence-corrected chi connectivity index (χ4v) is 2.22. The highest BCUT2D eigenvalue weighted by molar-refractivity contribution is 6.31. The van der Waals surface area contributed by atoms with Gasteiger partial charge in [-0.05, 0) is 61.9 Å². The summed E-state index contributed by atoms with van der Waals surface area (Å²) in [4.78, 5) is 11.9. The zero-order chi connectivity index (χ0) is 18.2. The summed E-state index contributed by atoms with van der Waals surface area (Å²) in [6.07, 6.45) is 0. The summed E-state index contributed by atoms with van der Waals surface area (Å²) >= 11 is 5.96. The molecule has 0 radical (unpaired) electrons. The van der Waals surface area contributed by atoms with Gasteiger partial charge < -0.3 is 19.5 Å². The van der Waals surface area contributed by atoms with E-state index in [1.54, 1.807) is 25.3 Å². The largest absolute Gasteiger partial charge is 0.497 e. The number of carbonyl (C=O) groups excluding carboxylic acids is 1. The number of rotatable bonds is 8. The van der Waals surface area contributed by atoms with Crippen LogP contribution in [0.1, 0.15) is 12.5 Å². The topological polar surface area (TPSA) is 56.8 Å². The minimum Gasteiger partial charge on any atom is -0.497 e. The first-order valence-electron chi connectivity index (χ1n) is 7.93. The van der Waals surface area contributed by atoms with E-state index < -0.39 is 0 Å². The maximum Gasteiger partial charge on any atom is 0.258 e. The number of hydrogen-bond donors (Lipinski definition) is 1. The van der Waals surface area contributed by atoms with Crippen molar-refractivity contribution in [2.24, 2.45) is 0 Å². The Morgan fingerprint density at radius 2 is 1.72 bits per heavy atom. The summed E-state index contributed by atoms with van der Waals surface area (Å²) in [5, 5.41) is 3.50. The van der Waals surface area contributed by atoms with Crippen LogP contribution in [-0.2, 0) is 4.79 Å².